The van der Waals surface area contributed by atoms with Crippen LogP contribution in [0.3, 0.4) is 0 Å². The number of amides is 1. The summed E-state index contributed by atoms with van der Waals surface area (Å²) in [6.07, 6.45) is 6.70. The standard InChI is InChI=1S/C12H18N4O3/c1-15(9-5-3-2-4-6-9)11(17)8-16-10(12(18)19)7-13-14-16/h7,9H,2-6,8H2,1H3,(H,18,19). The third-order valence-electron chi connectivity index (χ3n) is 3.64. The molecule has 1 N–H and O–H groups in total. The van der Waals surface area contributed by atoms with Gasteiger partial charge in [0.05, 0.1) is 6.20 Å². The highest BCUT2D eigenvalue weighted by atomic mass is 16.4. The molecule has 2 rings (SSSR count). The van der Waals surface area contributed by atoms with E-state index in [1.54, 1.807) is 11.9 Å². The lowest BCUT2D eigenvalue weighted by atomic mass is 9.94. The summed E-state index contributed by atoms with van der Waals surface area (Å²) in [5.41, 5.74) is -0.0644. The van der Waals surface area contributed by atoms with Crippen molar-refractivity contribution in [2.45, 2.75) is 44.7 Å². The molecule has 7 heteroatoms. The molecule has 0 spiro atoms. The molecule has 0 unspecified atom stereocenters. The summed E-state index contributed by atoms with van der Waals surface area (Å²) in [5, 5.41) is 16.1. The fourth-order valence-electron chi connectivity index (χ4n) is 2.45. The number of likely N-dealkylation sites (N-methyl/N-ethyl adjacent to an activating group) is 1. The zero-order valence-corrected chi connectivity index (χ0v) is 10.9. The van der Waals surface area contributed by atoms with Gasteiger partial charge in [-0.2, -0.15) is 0 Å². The fourth-order valence-corrected chi connectivity index (χ4v) is 2.45. The molecule has 0 aliphatic heterocycles. The SMILES string of the molecule is CN(C(=O)Cn1nncc1C(=O)O)C1CCCCC1. The molecule has 1 aromatic rings. The van der Waals surface area contributed by atoms with E-state index in [0.717, 1.165) is 36.6 Å². The molecule has 19 heavy (non-hydrogen) atoms. The van der Waals surface area contributed by atoms with E-state index >= 15 is 0 Å². The lowest BCUT2D eigenvalue weighted by Crippen LogP contribution is -2.40. The maximum atomic E-state index is 12.1. The lowest BCUT2D eigenvalue weighted by Gasteiger charge is -2.31. The van der Waals surface area contributed by atoms with Crippen molar-refractivity contribution in [3.8, 4) is 0 Å². The van der Waals surface area contributed by atoms with Crippen LogP contribution in [0.25, 0.3) is 0 Å². The minimum atomic E-state index is -1.13. The Bertz CT molecular complexity index is 465. The Kier molecular flexibility index (Phi) is 4.13. The summed E-state index contributed by atoms with van der Waals surface area (Å²) >= 11 is 0. The quantitative estimate of drug-likeness (QED) is 0.869. The fraction of sp³-hybridized carbons (Fsp3) is 0.667. The van der Waals surface area contributed by atoms with Crippen molar-refractivity contribution in [2.75, 3.05) is 7.05 Å². The average Bonchev–Trinajstić information content (AvgIpc) is 2.87. The second-order valence-electron chi connectivity index (χ2n) is 4.88. The van der Waals surface area contributed by atoms with Gasteiger partial charge in [0.15, 0.2) is 5.69 Å². The van der Waals surface area contributed by atoms with Crippen LogP contribution in [0.2, 0.25) is 0 Å². The molecule has 7 nitrogen and oxygen atoms in total. The minimum Gasteiger partial charge on any atom is -0.476 e. The first kappa shape index (κ1) is 13.5. The largest absolute Gasteiger partial charge is 0.476 e. The third-order valence-corrected chi connectivity index (χ3v) is 3.64. The van der Waals surface area contributed by atoms with E-state index in [4.69, 9.17) is 5.11 Å². The molecule has 1 fully saturated rings. The van der Waals surface area contributed by atoms with E-state index in [2.05, 4.69) is 10.3 Å². The molecule has 0 aromatic carbocycles. The Labute approximate surface area is 111 Å². The summed E-state index contributed by atoms with van der Waals surface area (Å²) in [5.74, 6) is -1.25. The van der Waals surface area contributed by atoms with Gasteiger partial charge in [0.2, 0.25) is 5.91 Å². The Morgan fingerprint density at radius 2 is 2.11 bits per heavy atom. The molecule has 0 radical (unpaired) electrons. The summed E-state index contributed by atoms with van der Waals surface area (Å²) in [6, 6.07) is 0.262. The third kappa shape index (κ3) is 3.10. The van der Waals surface area contributed by atoms with E-state index < -0.39 is 5.97 Å². The number of hydrogen-bond acceptors (Lipinski definition) is 4. The van der Waals surface area contributed by atoms with Crippen LogP contribution in [0.4, 0.5) is 0 Å². The molecule has 0 saturated heterocycles. The smallest absolute Gasteiger partial charge is 0.355 e. The van der Waals surface area contributed by atoms with Crippen LogP contribution in [0.15, 0.2) is 6.20 Å². The average molecular weight is 266 g/mol. The molecule has 0 atom stereocenters. The van der Waals surface area contributed by atoms with Gasteiger partial charge >= 0.3 is 5.97 Å². The molecule has 0 bridgehead atoms. The number of carbonyl (C=O) groups is 2. The monoisotopic (exact) mass is 266 g/mol. The maximum absolute atomic E-state index is 12.1. The highest BCUT2D eigenvalue weighted by molar-refractivity contribution is 5.86. The van der Waals surface area contributed by atoms with Gasteiger partial charge in [-0.1, -0.05) is 24.5 Å². The highest BCUT2D eigenvalue weighted by Gasteiger charge is 2.23. The minimum absolute atomic E-state index is 0.0644. The van der Waals surface area contributed by atoms with Crippen LogP contribution in [0.1, 0.15) is 42.6 Å². The van der Waals surface area contributed by atoms with Crippen LogP contribution < -0.4 is 0 Å². The number of rotatable bonds is 4. The number of hydrogen-bond donors (Lipinski definition) is 1. The van der Waals surface area contributed by atoms with E-state index in [1.807, 2.05) is 0 Å². The predicted molar refractivity (Wildman–Crippen MR) is 66.6 cm³/mol. The number of aromatic carboxylic acids is 1. The molecule has 1 aromatic heterocycles. The highest BCUT2D eigenvalue weighted by Crippen LogP contribution is 2.21. The van der Waals surface area contributed by atoms with Crippen molar-refractivity contribution in [1.82, 2.24) is 19.9 Å². The number of carboxylic acid groups (broad SMARTS) is 1. The predicted octanol–water partition coefficient (Wildman–Crippen LogP) is 0.767. The first-order valence-corrected chi connectivity index (χ1v) is 6.47. The molecule has 1 saturated carbocycles. The zero-order chi connectivity index (χ0) is 13.8. The Hall–Kier alpha value is -1.92. The molecular weight excluding hydrogens is 248 g/mol. The zero-order valence-electron chi connectivity index (χ0n) is 10.9. The Morgan fingerprint density at radius 1 is 1.42 bits per heavy atom. The van der Waals surface area contributed by atoms with E-state index in [0.29, 0.717) is 0 Å². The molecule has 1 amide bonds. The molecule has 1 aliphatic carbocycles. The van der Waals surface area contributed by atoms with Crippen molar-refractivity contribution in [3.05, 3.63) is 11.9 Å². The van der Waals surface area contributed by atoms with Crippen molar-refractivity contribution < 1.29 is 14.7 Å². The van der Waals surface area contributed by atoms with E-state index in [9.17, 15) is 9.59 Å². The Morgan fingerprint density at radius 3 is 2.74 bits per heavy atom. The summed E-state index contributed by atoms with van der Waals surface area (Å²) in [4.78, 5) is 24.8. The second-order valence-corrected chi connectivity index (χ2v) is 4.88. The van der Waals surface area contributed by atoms with Crippen LogP contribution in [-0.4, -0.2) is 50.0 Å². The maximum Gasteiger partial charge on any atom is 0.355 e. The van der Waals surface area contributed by atoms with Crippen LogP contribution >= 0.6 is 0 Å². The Balaban J connectivity index is 1.99. The summed E-state index contributed by atoms with van der Waals surface area (Å²) in [6.45, 7) is -0.0748. The van der Waals surface area contributed by atoms with Gasteiger partial charge in [-0.05, 0) is 12.8 Å². The molecule has 1 aliphatic rings. The van der Waals surface area contributed by atoms with Gasteiger partial charge in [0.1, 0.15) is 6.54 Å². The van der Waals surface area contributed by atoms with Gasteiger partial charge in [-0.15, -0.1) is 5.10 Å². The van der Waals surface area contributed by atoms with Gasteiger partial charge in [0.25, 0.3) is 0 Å². The number of carbonyl (C=O) groups excluding carboxylic acids is 1. The van der Waals surface area contributed by atoms with Gasteiger partial charge in [-0.25, -0.2) is 9.48 Å². The molecule has 1 heterocycles. The lowest BCUT2D eigenvalue weighted by molar-refractivity contribution is -0.133. The van der Waals surface area contributed by atoms with Crippen molar-refractivity contribution in [3.63, 3.8) is 0 Å². The van der Waals surface area contributed by atoms with Crippen LogP contribution in [0.5, 0.6) is 0 Å². The number of carboxylic acids is 1. The first-order valence-electron chi connectivity index (χ1n) is 6.47. The molecule has 104 valence electrons. The van der Waals surface area contributed by atoms with Crippen LogP contribution in [-0.2, 0) is 11.3 Å². The normalized spacial score (nSPS) is 16.3. The van der Waals surface area contributed by atoms with Crippen LogP contribution in [0, 0.1) is 0 Å². The topological polar surface area (TPSA) is 88.3 Å². The number of nitrogens with zero attached hydrogens (tertiary/aromatic N) is 4. The second kappa shape index (κ2) is 5.81. The van der Waals surface area contributed by atoms with Gasteiger partial charge in [0, 0.05) is 13.1 Å². The van der Waals surface area contributed by atoms with Gasteiger partial charge in [-0.3, -0.25) is 4.79 Å². The summed E-state index contributed by atoms with van der Waals surface area (Å²) < 4.78 is 1.13. The van der Waals surface area contributed by atoms with Crippen molar-refractivity contribution >= 4 is 11.9 Å². The van der Waals surface area contributed by atoms with E-state index in [1.165, 1.54) is 6.42 Å². The van der Waals surface area contributed by atoms with Gasteiger partial charge < -0.3 is 10.0 Å². The first-order chi connectivity index (χ1) is 9.09. The van der Waals surface area contributed by atoms with Crippen molar-refractivity contribution in [2.24, 2.45) is 0 Å². The molecular formula is C12H18N4O3. The summed E-state index contributed by atoms with van der Waals surface area (Å²) in [7, 11) is 1.77. The number of aromatic nitrogens is 3. The van der Waals surface area contributed by atoms with Crippen molar-refractivity contribution in [1.29, 1.82) is 0 Å². The van der Waals surface area contributed by atoms with E-state index in [-0.39, 0.29) is 24.2 Å².